The Kier molecular flexibility index (Phi) is 5.76. The maximum absolute atomic E-state index is 9.52. The van der Waals surface area contributed by atoms with Gasteiger partial charge in [0.25, 0.3) is 0 Å². The van der Waals surface area contributed by atoms with Gasteiger partial charge in [0, 0.05) is 35.9 Å². The molecule has 3 rings (SSSR count). The molecule has 0 amide bonds. The lowest BCUT2D eigenvalue weighted by Gasteiger charge is -2.24. The van der Waals surface area contributed by atoms with Crippen molar-refractivity contribution in [3.8, 4) is 11.6 Å². The average Bonchev–Trinajstić information content (AvgIpc) is 3.43. The number of pyridine rings is 1. The highest BCUT2D eigenvalue weighted by atomic mass is 35.5. The molecule has 25 heavy (non-hydrogen) atoms. The van der Waals surface area contributed by atoms with Gasteiger partial charge in [0.1, 0.15) is 5.75 Å². The largest absolute Gasteiger partial charge is 0.439 e. The summed E-state index contributed by atoms with van der Waals surface area (Å²) >= 11 is 5.87. The first-order chi connectivity index (χ1) is 12.2. The maximum atomic E-state index is 9.52. The molecule has 132 valence electrons. The van der Waals surface area contributed by atoms with Crippen LogP contribution in [-0.2, 0) is 0 Å². The lowest BCUT2D eigenvalue weighted by atomic mass is 10.2. The van der Waals surface area contributed by atoms with Gasteiger partial charge in [0.2, 0.25) is 5.88 Å². The van der Waals surface area contributed by atoms with E-state index in [4.69, 9.17) is 16.3 Å². The lowest BCUT2D eigenvalue weighted by Crippen LogP contribution is -2.34. The van der Waals surface area contributed by atoms with Gasteiger partial charge < -0.3 is 14.8 Å². The molecule has 1 aliphatic rings. The number of rotatable bonds is 7. The molecule has 1 aliphatic carbocycles. The molecule has 0 radical (unpaired) electrons. The molecule has 1 aromatic carbocycles. The number of oxime groups is 1. The molecule has 1 aromatic heterocycles. The van der Waals surface area contributed by atoms with E-state index in [0.29, 0.717) is 28.4 Å². The normalized spacial score (nSPS) is 14.4. The fraction of sp³-hybridized carbons (Fsp3) is 0.368. The molecular formula is C19H22ClN3O2. The Labute approximate surface area is 152 Å². The highest BCUT2D eigenvalue weighted by Gasteiger charge is 2.26. The van der Waals surface area contributed by atoms with Gasteiger partial charge in [-0.2, -0.15) is 0 Å². The van der Waals surface area contributed by atoms with Crippen LogP contribution in [0.1, 0.15) is 31.7 Å². The van der Waals surface area contributed by atoms with Gasteiger partial charge >= 0.3 is 0 Å². The van der Waals surface area contributed by atoms with Crippen molar-refractivity contribution in [2.75, 3.05) is 13.1 Å². The van der Waals surface area contributed by atoms with Crippen molar-refractivity contribution in [2.45, 2.75) is 26.2 Å². The van der Waals surface area contributed by atoms with Crippen molar-refractivity contribution in [2.24, 2.45) is 11.1 Å². The Balaban J connectivity index is 1.71. The van der Waals surface area contributed by atoms with Crippen molar-refractivity contribution in [3.63, 3.8) is 0 Å². The molecule has 0 atom stereocenters. The number of hydrogen-bond donors (Lipinski definition) is 1. The first kappa shape index (κ1) is 17.5. The molecule has 0 bridgehead atoms. The van der Waals surface area contributed by atoms with E-state index in [-0.39, 0.29) is 0 Å². The second-order valence-electron chi connectivity index (χ2n) is 6.25. The molecule has 0 saturated heterocycles. The molecule has 0 aliphatic heterocycles. The summed E-state index contributed by atoms with van der Waals surface area (Å²) in [6.07, 6.45) is 5.18. The Bertz CT molecular complexity index is 712. The summed E-state index contributed by atoms with van der Waals surface area (Å²) in [5.74, 6) is 2.43. The molecular weight excluding hydrogens is 338 g/mol. The Hall–Kier alpha value is -2.27. The minimum atomic E-state index is 0.479. The standard InChI is InChI=1S/C19H22ClN3O2/c1-2-11-23(13-14-3-4-14)19(22-24)15-5-10-18(21-12-15)25-17-8-6-16(20)7-9-17/h5-10,12,14,24H,2-4,11,13H2,1H3/b22-19-. The summed E-state index contributed by atoms with van der Waals surface area (Å²) in [7, 11) is 0. The molecule has 1 saturated carbocycles. The van der Waals surface area contributed by atoms with E-state index >= 15 is 0 Å². The zero-order valence-corrected chi connectivity index (χ0v) is 15.0. The van der Waals surface area contributed by atoms with Crippen LogP contribution in [0.4, 0.5) is 0 Å². The Morgan fingerprint density at radius 2 is 2.04 bits per heavy atom. The van der Waals surface area contributed by atoms with E-state index in [9.17, 15) is 5.21 Å². The molecule has 0 spiro atoms. The number of amidine groups is 1. The van der Waals surface area contributed by atoms with Gasteiger partial charge in [-0.15, -0.1) is 0 Å². The van der Waals surface area contributed by atoms with E-state index in [1.807, 2.05) is 6.07 Å². The fourth-order valence-electron chi connectivity index (χ4n) is 2.67. The predicted molar refractivity (Wildman–Crippen MR) is 98.7 cm³/mol. The van der Waals surface area contributed by atoms with Crippen LogP contribution >= 0.6 is 11.6 Å². The van der Waals surface area contributed by atoms with Crippen molar-refractivity contribution in [1.82, 2.24) is 9.88 Å². The van der Waals surface area contributed by atoms with Crippen molar-refractivity contribution >= 4 is 17.4 Å². The topological polar surface area (TPSA) is 58.0 Å². The van der Waals surface area contributed by atoms with Crippen LogP contribution in [0.15, 0.2) is 47.8 Å². The third-order valence-corrected chi connectivity index (χ3v) is 4.35. The minimum Gasteiger partial charge on any atom is -0.439 e. The van der Waals surface area contributed by atoms with Crippen LogP contribution in [-0.4, -0.2) is 34.0 Å². The molecule has 1 heterocycles. The van der Waals surface area contributed by atoms with E-state index in [1.54, 1.807) is 36.5 Å². The third kappa shape index (κ3) is 4.86. The number of hydrogen-bond acceptors (Lipinski definition) is 4. The zero-order valence-electron chi connectivity index (χ0n) is 14.2. The first-order valence-electron chi connectivity index (χ1n) is 8.56. The second-order valence-corrected chi connectivity index (χ2v) is 6.69. The van der Waals surface area contributed by atoms with Gasteiger partial charge in [-0.1, -0.05) is 23.7 Å². The van der Waals surface area contributed by atoms with Crippen LogP contribution in [0, 0.1) is 5.92 Å². The van der Waals surface area contributed by atoms with E-state index in [0.717, 1.165) is 25.1 Å². The average molecular weight is 360 g/mol. The van der Waals surface area contributed by atoms with Gasteiger partial charge in [-0.05, 0) is 55.5 Å². The fourth-order valence-corrected chi connectivity index (χ4v) is 2.79. The van der Waals surface area contributed by atoms with Gasteiger partial charge in [0.15, 0.2) is 5.84 Å². The minimum absolute atomic E-state index is 0.479. The van der Waals surface area contributed by atoms with Crippen LogP contribution in [0.2, 0.25) is 5.02 Å². The quantitative estimate of drug-likeness (QED) is 0.334. The van der Waals surface area contributed by atoms with Crippen LogP contribution in [0.25, 0.3) is 0 Å². The highest BCUT2D eigenvalue weighted by molar-refractivity contribution is 6.30. The van der Waals surface area contributed by atoms with E-state index in [2.05, 4.69) is 22.0 Å². The third-order valence-electron chi connectivity index (χ3n) is 4.09. The number of ether oxygens (including phenoxy) is 1. The summed E-state index contributed by atoms with van der Waals surface area (Å²) in [6, 6.07) is 10.7. The van der Waals surface area contributed by atoms with Crippen molar-refractivity contribution in [3.05, 3.63) is 53.2 Å². The van der Waals surface area contributed by atoms with Crippen molar-refractivity contribution < 1.29 is 9.94 Å². The number of aromatic nitrogens is 1. The number of nitrogens with zero attached hydrogens (tertiary/aromatic N) is 3. The lowest BCUT2D eigenvalue weighted by molar-refractivity contribution is 0.297. The SMILES string of the molecule is CCCN(CC1CC1)/C(=N\O)c1ccc(Oc2ccc(Cl)cc2)nc1. The molecule has 6 heteroatoms. The molecule has 5 nitrogen and oxygen atoms in total. The number of benzene rings is 1. The molecule has 2 aromatic rings. The van der Waals surface area contributed by atoms with E-state index < -0.39 is 0 Å². The van der Waals surface area contributed by atoms with Crippen LogP contribution < -0.4 is 4.74 Å². The molecule has 1 N–H and O–H groups in total. The molecule has 0 unspecified atom stereocenters. The summed E-state index contributed by atoms with van der Waals surface area (Å²) < 4.78 is 5.70. The van der Waals surface area contributed by atoms with Gasteiger partial charge in [-0.25, -0.2) is 4.98 Å². The highest BCUT2D eigenvalue weighted by Crippen LogP contribution is 2.30. The zero-order chi connectivity index (χ0) is 17.6. The first-order valence-corrected chi connectivity index (χ1v) is 8.94. The Morgan fingerprint density at radius 3 is 2.60 bits per heavy atom. The maximum Gasteiger partial charge on any atom is 0.219 e. The Morgan fingerprint density at radius 1 is 1.28 bits per heavy atom. The van der Waals surface area contributed by atoms with Crippen molar-refractivity contribution in [1.29, 1.82) is 0 Å². The van der Waals surface area contributed by atoms with Crippen LogP contribution in [0.5, 0.6) is 11.6 Å². The summed E-state index contributed by atoms with van der Waals surface area (Å²) in [5.41, 5.74) is 0.778. The summed E-state index contributed by atoms with van der Waals surface area (Å²) in [6.45, 7) is 3.91. The predicted octanol–water partition coefficient (Wildman–Crippen LogP) is 4.79. The van der Waals surface area contributed by atoms with Crippen LogP contribution in [0.3, 0.4) is 0 Å². The second kappa shape index (κ2) is 8.21. The van der Waals surface area contributed by atoms with E-state index in [1.165, 1.54) is 12.8 Å². The smallest absolute Gasteiger partial charge is 0.219 e. The van der Waals surface area contributed by atoms with Gasteiger partial charge in [-0.3, -0.25) is 0 Å². The summed E-state index contributed by atoms with van der Waals surface area (Å²) in [4.78, 5) is 6.46. The monoisotopic (exact) mass is 359 g/mol. The molecule has 1 fully saturated rings. The summed E-state index contributed by atoms with van der Waals surface area (Å²) in [5, 5.41) is 13.7. The number of halogens is 1. The van der Waals surface area contributed by atoms with Gasteiger partial charge in [0.05, 0.1) is 0 Å².